The minimum atomic E-state index is -0.773. The summed E-state index contributed by atoms with van der Waals surface area (Å²) in [6.45, 7) is 3.75. The highest BCUT2D eigenvalue weighted by Crippen LogP contribution is 2.39. The quantitative estimate of drug-likeness (QED) is 0.787. The standard InChI is InChI=1S/C24H27FN2O2/c1-18-9-10-20(25)17-21(18)22(28)27-15-6-13-24(27)12-5-14-26(23(24)29)16-11-19-7-3-2-4-8-19/h2-4,7-10,17H,5-6,11-16H2,1H3. The Bertz CT molecular complexity index is 914. The summed E-state index contributed by atoms with van der Waals surface area (Å²) in [6.07, 6.45) is 3.87. The van der Waals surface area contributed by atoms with Gasteiger partial charge in [0.15, 0.2) is 0 Å². The molecule has 1 unspecified atom stereocenters. The number of carbonyl (C=O) groups is 2. The molecule has 0 radical (unpaired) electrons. The van der Waals surface area contributed by atoms with Crippen molar-refractivity contribution in [3.63, 3.8) is 0 Å². The van der Waals surface area contributed by atoms with E-state index in [1.54, 1.807) is 11.0 Å². The van der Waals surface area contributed by atoms with E-state index in [1.807, 2.05) is 30.0 Å². The summed E-state index contributed by atoms with van der Waals surface area (Å²) in [5.74, 6) is -0.594. The molecule has 4 nitrogen and oxygen atoms in total. The molecule has 0 bridgehead atoms. The van der Waals surface area contributed by atoms with Gasteiger partial charge in [-0.2, -0.15) is 0 Å². The highest BCUT2D eigenvalue weighted by atomic mass is 19.1. The predicted molar refractivity (Wildman–Crippen MR) is 110 cm³/mol. The number of halogens is 1. The number of benzene rings is 2. The Labute approximate surface area is 171 Å². The number of carbonyl (C=O) groups excluding carboxylic acids is 2. The van der Waals surface area contributed by atoms with Crippen molar-refractivity contribution < 1.29 is 14.0 Å². The SMILES string of the molecule is Cc1ccc(F)cc1C(=O)N1CCCC12CCCN(CCc1ccccc1)C2=O. The minimum absolute atomic E-state index is 0.0552. The maximum absolute atomic E-state index is 13.8. The molecule has 0 N–H and O–H groups in total. The van der Waals surface area contributed by atoms with E-state index in [-0.39, 0.29) is 11.8 Å². The lowest BCUT2D eigenvalue weighted by Crippen LogP contribution is -2.61. The number of amides is 2. The molecule has 2 aromatic carbocycles. The monoisotopic (exact) mass is 394 g/mol. The zero-order valence-corrected chi connectivity index (χ0v) is 16.9. The number of hydrogen-bond acceptors (Lipinski definition) is 2. The fourth-order valence-corrected chi connectivity index (χ4v) is 4.81. The van der Waals surface area contributed by atoms with Gasteiger partial charge < -0.3 is 9.80 Å². The molecule has 1 spiro atoms. The third-order valence-corrected chi connectivity index (χ3v) is 6.38. The lowest BCUT2D eigenvalue weighted by atomic mass is 9.84. The summed E-state index contributed by atoms with van der Waals surface area (Å²) in [5.41, 5.74) is 1.53. The molecular weight excluding hydrogens is 367 g/mol. The highest BCUT2D eigenvalue weighted by molar-refractivity contribution is 6.01. The lowest BCUT2D eigenvalue weighted by molar-refractivity contribution is -0.145. The Hall–Kier alpha value is -2.69. The maximum atomic E-state index is 13.8. The summed E-state index contributed by atoms with van der Waals surface area (Å²) in [6, 6.07) is 14.4. The van der Waals surface area contributed by atoms with Crippen molar-refractivity contribution >= 4 is 11.8 Å². The van der Waals surface area contributed by atoms with E-state index in [0.717, 1.165) is 31.4 Å². The average molecular weight is 394 g/mol. The molecule has 1 atom stereocenters. The molecule has 2 heterocycles. The molecule has 4 rings (SSSR count). The Morgan fingerprint density at radius 2 is 1.79 bits per heavy atom. The van der Waals surface area contributed by atoms with Crippen LogP contribution in [0.25, 0.3) is 0 Å². The van der Waals surface area contributed by atoms with E-state index < -0.39 is 11.4 Å². The second-order valence-corrected chi connectivity index (χ2v) is 8.18. The number of hydrogen-bond donors (Lipinski definition) is 0. The van der Waals surface area contributed by atoms with Crippen molar-refractivity contribution in [3.05, 3.63) is 71.0 Å². The summed E-state index contributed by atoms with van der Waals surface area (Å²) in [5, 5.41) is 0. The molecule has 2 saturated heterocycles. The van der Waals surface area contributed by atoms with Gasteiger partial charge in [-0.15, -0.1) is 0 Å². The van der Waals surface area contributed by atoms with Crippen LogP contribution in [0, 0.1) is 12.7 Å². The van der Waals surface area contributed by atoms with Crippen molar-refractivity contribution in [2.45, 2.75) is 44.6 Å². The van der Waals surface area contributed by atoms with Crippen LogP contribution in [0.3, 0.4) is 0 Å². The molecule has 29 heavy (non-hydrogen) atoms. The maximum Gasteiger partial charge on any atom is 0.255 e. The number of nitrogens with zero attached hydrogens (tertiary/aromatic N) is 2. The van der Waals surface area contributed by atoms with Gasteiger partial charge in [0.25, 0.3) is 5.91 Å². The van der Waals surface area contributed by atoms with E-state index in [2.05, 4.69) is 12.1 Å². The Morgan fingerprint density at radius 1 is 1.07 bits per heavy atom. The second-order valence-electron chi connectivity index (χ2n) is 8.18. The van der Waals surface area contributed by atoms with Gasteiger partial charge in [-0.3, -0.25) is 9.59 Å². The summed E-state index contributed by atoms with van der Waals surface area (Å²) >= 11 is 0. The van der Waals surface area contributed by atoms with Crippen LogP contribution in [0.15, 0.2) is 48.5 Å². The molecule has 2 aromatic rings. The molecule has 2 aliphatic rings. The first-order valence-electron chi connectivity index (χ1n) is 10.4. The van der Waals surface area contributed by atoms with Gasteiger partial charge in [-0.1, -0.05) is 36.4 Å². The number of likely N-dealkylation sites (tertiary alicyclic amines) is 2. The smallest absolute Gasteiger partial charge is 0.255 e. The van der Waals surface area contributed by atoms with Crippen LogP contribution in [0.2, 0.25) is 0 Å². The zero-order chi connectivity index (χ0) is 20.4. The molecule has 5 heteroatoms. The molecule has 2 amide bonds. The average Bonchev–Trinajstić information content (AvgIpc) is 3.15. The van der Waals surface area contributed by atoms with Gasteiger partial charge in [0, 0.05) is 25.2 Å². The molecule has 2 fully saturated rings. The Morgan fingerprint density at radius 3 is 2.55 bits per heavy atom. The third-order valence-electron chi connectivity index (χ3n) is 6.38. The van der Waals surface area contributed by atoms with E-state index in [1.165, 1.54) is 17.7 Å². The van der Waals surface area contributed by atoms with Crippen molar-refractivity contribution in [2.75, 3.05) is 19.6 Å². The number of rotatable bonds is 4. The predicted octanol–water partition coefficient (Wildman–Crippen LogP) is 3.97. The summed E-state index contributed by atoms with van der Waals surface area (Å²) in [4.78, 5) is 30.5. The van der Waals surface area contributed by atoms with Crippen LogP contribution < -0.4 is 0 Å². The molecule has 2 aliphatic heterocycles. The first-order valence-corrected chi connectivity index (χ1v) is 10.4. The summed E-state index contributed by atoms with van der Waals surface area (Å²) < 4.78 is 13.8. The van der Waals surface area contributed by atoms with E-state index in [0.29, 0.717) is 31.5 Å². The van der Waals surface area contributed by atoms with Crippen molar-refractivity contribution in [3.8, 4) is 0 Å². The zero-order valence-electron chi connectivity index (χ0n) is 16.9. The fourth-order valence-electron chi connectivity index (χ4n) is 4.81. The Kier molecular flexibility index (Phi) is 5.39. The molecule has 0 saturated carbocycles. The van der Waals surface area contributed by atoms with Crippen LogP contribution >= 0.6 is 0 Å². The third kappa shape index (κ3) is 3.66. The van der Waals surface area contributed by atoms with Gasteiger partial charge in [-0.05, 0) is 62.3 Å². The van der Waals surface area contributed by atoms with Gasteiger partial charge in [0.05, 0.1) is 0 Å². The van der Waals surface area contributed by atoms with Gasteiger partial charge in [-0.25, -0.2) is 4.39 Å². The highest BCUT2D eigenvalue weighted by Gasteiger charge is 2.52. The van der Waals surface area contributed by atoms with E-state index >= 15 is 0 Å². The van der Waals surface area contributed by atoms with Gasteiger partial charge in [0.1, 0.15) is 11.4 Å². The molecule has 0 aromatic heterocycles. The largest absolute Gasteiger partial charge is 0.340 e. The van der Waals surface area contributed by atoms with Crippen LogP contribution in [-0.2, 0) is 11.2 Å². The van der Waals surface area contributed by atoms with Crippen LogP contribution in [0.4, 0.5) is 4.39 Å². The Balaban J connectivity index is 1.55. The van der Waals surface area contributed by atoms with Gasteiger partial charge >= 0.3 is 0 Å². The van der Waals surface area contributed by atoms with Crippen LogP contribution in [0.1, 0.15) is 47.2 Å². The fraction of sp³-hybridized carbons (Fsp3) is 0.417. The lowest BCUT2D eigenvalue weighted by Gasteiger charge is -2.44. The topological polar surface area (TPSA) is 40.6 Å². The van der Waals surface area contributed by atoms with Crippen molar-refractivity contribution in [2.24, 2.45) is 0 Å². The molecule has 0 aliphatic carbocycles. The van der Waals surface area contributed by atoms with E-state index in [9.17, 15) is 14.0 Å². The second kappa shape index (κ2) is 7.97. The minimum Gasteiger partial charge on any atom is -0.340 e. The molecular formula is C24H27FN2O2. The van der Waals surface area contributed by atoms with Crippen molar-refractivity contribution in [1.29, 1.82) is 0 Å². The first kappa shape index (κ1) is 19.6. The molecule has 152 valence electrons. The number of aryl methyl sites for hydroxylation is 1. The number of piperidine rings is 1. The van der Waals surface area contributed by atoms with Crippen LogP contribution in [-0.4, -0.2) is 46.8 Å². The van der Waals surface area contributed by atoms with Crippen LogP contribution in [0.5, 0.6) is 0 Å². The van der Waals surface area contributed by atoms with E-state index in [4.69, 9.17) is 0 Å². The van der Waals surface area contributed by atoms with Gasteiger partial charge in [0.2, 0.25) is 5.91 Å². The summed E-state index contributed by atoms with van der Waals surface area (Å²) in [7, 11) is 0. The normalized spacial score (nSPS) is 21.8. The van der Waals surface area contributed by atoms with Crippen molar-refractivity contribution in [1.82, 2.24) is 9.80 Å². The first-order chi connectivity index (χ1) is 14.0.